The van der Waals surface area contributed by atoms with E-state index in [1.54, 1.807) is 31.2 Å². The number of nitrogens with zero attached hydrogens (tertiary/aromatic N) is 4. The highest BCUT2D eigenvalue weighted by atomic mass is 32.1. The SMILES string of the molecule is Cc1cc(C(N)=O)ccc1N1C(=S)N(c2cnc(C#N)c(C)c2)C(=O)C12CCC2. The Morgan fingerprint density at radius 3 is 2.52 bits per heavy atom. The van der Waals surface area contributed by atoms with Crippen molar-refractivity contribution in [1.82, 2.24) is 4.98 Å². The van der Waals surface area contributed by atoms with Crippen LogP contribution in [0.4, 0.5) is 11.4 Å². The minimum Gasteiger partial charge on any atom is -0.366 e. The normalized spacial score (nSPS) is 17.4. The van der Waals surface area contributed by atoms with Gasteiger partial charge in [-0.05, 0) is 80.7 Å². The smallest absolute Gasteiger partial charge is 0.259 e. The van der Waals surface area contributed by atoms with Crippen molar-refractivity contribution in [2.75, 3.05) is 9.80 Å². The second-order valence-corrected chi connectivity index (χ2v) is 7.85. The van der Waals surface area contributed by atoms with Crippen LogP contribution in [-0.4, -0.2) is 27.4 Å². The Hall–Kier alpha value is -3.31. The van der Waals surface area contributed by atoms with E-state index in [1.165, 1.54) is 11.1 Å². The number of carbonyl (C=O) groups excluding carboxylic acids is 2. The van der Waals surface area contributed by atoms with E-state index in [1.807, 2.05) is 17.9 Å². The van der Waals surface area contributed by atoms with Gasteiger partial charge in [-0.3, -0.25) is 14.5 Å². The molecule has 0 bridgehead atoms. The van der Waals surface area contributed by atoms with Crippen LogP contribution in [0.25, 0.3) is 0 Å². The first-order chi connectivity index (χ1) is 13.8. The maximum atomic E-state index is 13.5. The average molecular weight is 405 g/mol. The predicted octanol–water partition coefficient (Wildman–Crippen LogP) is 2.73. The molecule has 0 atom stereocenters. The molecule has 1 aliphatic heterocycles. The molecule has 2 fully saturated rings. The topological polar surface area (TPSA) is 103 Å². The van der Waals surface area contributed by atoms with E-state index < -0.39 is 11.4 Å². The molecule has 1 aliphatic carbocycles. The lowest BCUT2D eigenvalue weighted by molar-refractivity contribution is -0.123. The lowest BCUT2D eigenvalue weighted by atomic mass is 9.75. The first kappa shape index (κ1) is 19.0. The van der Waals surface area contributed by atoms with Crippen LogP contribution >= 0.6 is 12.2 Å². The number of hydrogen-bond donors (Lipinski definition) is 1. The predicted molar refractivity (Wildman–Crippen MR) is 113 cm³/mol. The van der Waals surface area contributed by atoms with Crippen LogP contribution in [0.1, 0.15) is 46.4 Å². The fourth-order valence-electron chi connectivity index (χ4n) is 4.04. The number of pyridine rings is 1. The molecule has 7 nitrogen and oxygen atoms in total. The number of nitriles is 1. The Bertz CT molecular complexity index is 1120. The van der Waals surface area contributed by atoms with Crippen molar-refractivity contribution in [2.45, 2.75) is 38.6 Å². The molecule has 0 radical (unpaired) electrons. The Balaban J connectivity index is 1.81. The van der Waals surface area contributed by atoms with Gasteiger partial charge in [-0.25, -0.2) is 4.98 Å². The van der Waals surface area contributed by atoms with Crippen LogP contribution in [0, 0.1) is 25.2 Å². The van der Waals surface area contributed by atoms with Gasteiger partial charge in [-0.15, -0.1) is 0 Å². The first-order valence-corrected chi connectivity index (χ1v) is 9.67. The maximum Gasteiger partial charge on any atom is 0.259 e. The summed E-state index contributed by atoms with van der Waals surface area (Å²) in [7, 11) is 0. The molecule has 1 saturated heterocycles. The van der Waals surface area contributed by atoms with E-state index in [2.05, 4.69) is 4.98 Å². The number of rotatable bonds is 3. The first-order valence-electron chi connectivity index (χ1n) is 9.26. The van der Waals surface area contributed by atoms with Crippen molar-refractivity contribution >= 4 is 40.5 Å². The van der Waals surface area contributed by atoms with Gasteiger partial charge in [-0.2, -0.15) is 5.26 Å². The minimum absolute atomic E-state index is 0.0852. The van der Waals surface area contributed by atoms with Crippen molar-refractivity contribution in [3.63, 3.8) is 0 Å². The Morgan fingerprint density at radius 2 is 2.00 bits per heavy atom. The monoisotopic (exact) mass is 405 g/mol. The van der Waals surface area contributed by atoms with E-state index in [-0.39, 0.29) is 5.91 Å². The van der Waals surface area contributed by atoms with Crippen LogP contribution in [0.15, 0.2) is 30.5 Å². The number of carbonyl (C=O) groups is 2. The molecule has 8 heteroatoms. The average Bonchev–Trinajstić information content (AvgIpc) is 2.88. The number of nitrogens with two attached hydrogens (primary N) is 1. The molecule has 0 unspecified atom stereocenters. The standard InChI is InChI=1S/C21H19N5O2S/c1-12-9-15(11-24-16(12)10-22)25-19(28)21(6-3-7-21)26(20(25)29)17-5-4-14(18(23)27)8-13(17)2/h4-5,8-9,11H,3,6-7H2,1-2H3,(H2,23,27). The summed E-state index contributed by atoms with van der Waals surface area (Å²) in [6.07, 6.45) is 3.83. The van der Waals surface area contributed by atoms with Crippen LogP contribution in [0.3, 0.4) is 0 Å². The van der Waals surface area contributed by atoms with Crippen molar-refractivity contribution in [3.05, 3.63) is 52.8 Å². The molecule has 1 aromatic heterocycles. The van der Waals surface area contributed by atoms with Gasteiger partial charge >= 0.3 is 0 Å². The van der Waals surface area contributed by atoms with Crippen LogP contribution in [0.5, 0.6) is 0 Å². The minimum atomic E-state index is -0.724. The second kappa shape index (κ2) is 6.64. The van der Waals surface area contributed by atoms with Gasteiger partial charge in [0.1, 0.15) is 17.3 Å². The Kier molecular flexibility index (Phi) is 4.35. The molecule has 2 amide bonds. The van der Waals surface area contributed by atoms with Crippen molar-refractivity contribution in [1.29, 1.82) is 5.26 Å². The summed E-state index contributed by atoms with van der Waals surface area (Å²) in [4.78, 5) is 32.6. The quantitative estimate of drug-likeness (QED) is 0.788. The van der Waals surface area contributed by atoms with Crippen molar-refractivity contribution in [2.24, 2.45) is 5.73 Å². The van der Waals surface area contributed by atoms with Gasteiger partial charge in [0.2, 0.25) is 5.91 Å². The van der Waals surface area contributed by atoms with Crippen LogP contribution in [0.2, 0.25) is 0 Å². The number of anilines is 2. The molecule has 2 heterocycles. The summed E-state index contributed by atoms with van der Waals surface area (Å²) in [5, 5.41) is 9.50. The molecule has 4 rings (SSSR count). The number of thiocarbonyl (C=S) groups is 1. The third kappa shape index (κ3) is 2.69. The number of primary amides is 1. The summed E-state index contributed by atoms with van der Waals surface area (Å²) >= 11 is 5.75. The highest BCUT2D eigenvalue weighted by molar-refractivity contribution is 7.81. The second-order valence-electron chi connectivity index (χ2n) is 7.48. The van der Waals surface area contributed by atoms with Crippen molar-refractivity contribution < 1.29 is 9.59 Å². The summed E-state index contributed by atoms with van der Waals surface area (Å²) in [5.74, 6) is -0.586. The van der Waals surface area contributed by atoms with Gasteiger partial charge in [0.15, 0.2) is 5.11 Å². The van der Waals surface area contributed by atoms with Gasteiger partial charge in [0, 0.05) is 11.3 Å². The molecule has 29 heavy (non-hydrogen) atoms. The molecule has 2 aliphatic rings. The van der Waals surface area contributed by atoms with Crippen LogP contribution < -0.4 is 15.5 Å². The van der Waals surface area contributed by atoms with Gasteiger partial charge in [0.25, 0.3) is 5.91 Å². The number of benzene rings is 1. The van der Waals surface area contributed by atoms with Gasteiger partial charge in [0.05, 0.1) is 11.9 Å². The molecular weight excluding hydrogens is 386 g/mol. The van der Waals surface area contributed by atoms with E-state index in [4.69, 9.17) is 23.2 Å². The van der Waals surface area contributed by atoms with Crippen molar-refractivity contribution in [3.8, 4) is 6.07 Å². The maximum absolute atomic E-state index is 13.5. The third-order valence-corrected chi connectivity index (χ3v) is 6.11. The van der Waals surface area contributed by atoms with E-state index in [0.717, 1.165) is 17.7 Å². The summed E-state index contributed by atoms with van der Waals surface area (Å²) < 4.78 is 0. The van der Waals surface area contributed by atoms with Crippen LogP contribution in [-0.2, 0) is 4.79 Å². The zero-order valence-electron chi connectivity index (χ0n) is 16.1. The Morgan fingerprint density at radius 1 is 1.28 bits per heavy atom. The molecule has 146 valence electrons. The lowest BCUT2D eigenvalue weighted by Gasteiger charge is -2.43. The summed E-state index contributed by atoms with van der Waals surface area (Å²) in [6.45, 7) is 3.65. The molecule has 2 aromatic rings. The summed E-state index contributed by atoms with van der Waals surface area (Å²) in [6, 6.07) is 8.95. The highest BCUT2D eigenvalue weighted by Gasteiger charge is 2.59. The zero-order chi connectivity index (χ0) is 20.9. The van der Waals surface area contributed by atoms with Gasteiger partial charge < -0.3 is 10.6 Å². The molecule has 2 N–H and O–H groups in total. The third-order valence-electron chi connectivity index (χ3n) is 5.74. The molecule has 1 aromatic carbocycles. The fraction of sp³-hybridized carbons (Fsp3) is 0.286. The summed E-state index contributed by atoms with van der Waals surface area (Å²) in [5.41, 5.74) is 8.24. The number of amides is 2. The Labute approximate surface area is 173 Å². The lowest BCUT2D eigenvalue weighted by Crippen LogP contribution is -2.55. The number of hydrogen-bond acceptors (Lipinski definition) is 5. The van der Waals surface area contributed by atoms with Gasteiger partial charge in [-0.1, -0.05) is 0 Å². The zero-order valence-corrected chi connectivity index (χ0v) is 16.9. The largest absolute Gasteiger partial charge is 0.366 e. The molecule has 1 spiro atoms. The molecular formula is C21H19N5O2S. The van der Waals surface area contributed by atoms with E-state index in [9.17, 15) is 9.59 Å². The number of aromatic nitrogens is 1. The number of aryl methyl sites for hydroxylation is 2. The fourth-order valence-corrected chi connectivity index (χ4v) is 4.50. The van der Waals surface area contributed by atoms with E-state index in [0.29, 0.717) is 40.5 Å². The molecule has 1 saturated carbocycles. The highest BCUT2D eigenvalue weighted by Crippen LogP contribution is 2.48. The van der Waals surface area contributed by atoms with E-state index >= 15 is 0 Å².